The van der Waals surface area contributed by atoms with Crippen molar-refractivity contribution in [1.82, 2.24) is 10.1 Å². The molecule has 138 valence electrons. The number of nitro benzene ring substituents is 1. The molecule has 0 aliphatic carbocycles. The third-order valence-electron chi connectivity index (χ3n) is 3.90. The highest BCUT2D eigenvalue weighted by molar-refractivity contribution is 5.90. The molecule has 0 unspecified atom stereocenters. The number of anilines is 1. The summed E-state index contributed by atoms with van der Waals surface area (Å²) in [6, 6.07) is 13.5. The van der Waals surface area contributed by atoms with Crippen molar-refractivity contribution in [3.05, 3.63) is 70.1 Å². The van der Waals surface area contributed by atoms with E-state index in [-0.39, 0.29) is 18.0 Å². The van der Waals surface area contributed by atoms with Gasteiger partial charge in [-0.05, 0) is 31.5 Å². The number of hydrogen-bond donors (Lipinski definition) is 1. The van der Waals surface area contributed by atoms with Crippen LogP contribution < -0.4 is 5.32 Å². The van der Waals surface area contributed by atoms with Crippen molar-refractivity contribution >= 4 is 17.3 Å². The number of hydrogen-bond acceptors (Lipinski definition) is 6. The number of carbonyl (C=O) groups is 1. The first-order valence-electron chi connectivity index (χ1n) is 8.45. The van der Waals surface area contributed by atoms with Gasteiger partial charge in [-0.15, -0.1) is 0 Å². The molecule has 0 fully saturated rings. The van der Waals surface area contributed by atoms with Crippen molar-refractivity contribution in [1.29, 1.82) is 0 Å². The number of carbonyl (C=O) groups excluding carboxylic acids is 1. The first-order valence-corrected chi connectivity index (χ1v) is 8.45. The molecule has 0 aliphatic heterocycles. The van der Waals surface area contributed by atoms with E-state index in [1.54, 1.807) is 0 Å². The number of nitro groups is 1. The third kappa shape index (κ3) is 4.97. The van der Waals surface area contributed by atoms with Crippen LogP contribution in [0.5, 0.6) is 0 Å². The summed E-state index contributed by atoms with van der Waals surface area (Å²) in [4.78, 5) is 26.5. The molecule has 0 spiro atoms. The summed E-state index contributed by atoms with van der Waals surface area (Å²) in [5, 5.41) is 17.3. The number of non-ortho nitro benzene ring substituents is 1. The highest BCUT2D eigenvalue weighted by Gasteiger charge is 2.10. The molecule has 1 N–H and O–H groups in total. The van der Waals surface area contributed by atoms with Gasteiger partial charge >= 0.3 is 0 Å². The zero-order chi connectivity index (χ0) is 19.2. The van der Waals surface area contributed by atoms with Crippen LogP contribution >= 0.6 is 0 Å². The van der Waals surface area contributed by atoms with E-state index in [1.807, 2.05) is 31.2 Å². The Labute approximate surface area is 155 Å². The molecular weight excluding hydrogens is 348 g/mol. The second-order valence-electron chi connectivity index (χ2n) is 6.09. The number of amides is 1. The Bertz CT molecular complexity index is 950. The summed E-state index contributed by atoms with van der Waals surface area (Å²) < 4.78 is 5.24. The van der Waals surface area contributed by atoms with Gasteiger partial charge in [-0.25, -0.2) is 0 Å². The molecule has 0 atom stereocenters. The molecule has 0 saturated heterocycles. The van der Waals surface area contributed by atoms with E-state index in [0.717, 1.165) is 11.1 Å². The molecule has 0 bridgehead atoms. The van der Waals surface area contributed by atoms with Gasteiger partial charge in [0.25, 0.3) is 5.69 Å². The van der Waals surface area contributed by atoms with Gasteiger partial charge in [-0.2, -0.15) is 4.98 Å². The molecule has 0 saturated carbocycles. The molecule has 1 amide bonds. The first-order chi connectivity index (χ1) is 13.0. The number of aromatic nitrogens is 2. The molecule has 8 heteroatoms. The van der Waals surface area contributed by atoms with Crippen LogP contribution in [0, 0.1) is 17.0 Å². The van der Waals surface area contributed by atoms with E-state index < -0.39 is 4.92 Å². The third-order valence-corrected chi connectivity index (χ3v) is 3.90. The topological polar surface area (TPSA) is 111 Å². The van der Waals surface area contributed by atoms with Crippen LogP contribution in [0.25, 0.3) is 11.4 Å². The Morgan fingerprint density at radius 2 is 2.00 bits per heavy atom. The monoisotopic (exact) mass is 366 g/mol. The van der Waals surface area contributed by atoms with E-state index in [4.69, 9.17) is 4.52 Å². The average Bonchev–Trinajstić information content (AvgIpc) is 3.11. The largest absolute Gasteiger partial charge is 0.339 e. The Kier molecular flexibility index (Phi) is 5.55. The molecule has 0 aliphatic rings. The van der Waals surface area contributed by atoms with Gasteiger partial charge in [-0.3, -0.25) is 14.9 Å². The fourth-order valence-electron chi connectivity index (χ4n) is 2.55. The molecular formula is C19H18N4O4. The lowest BCUT2D eigenvalue weighted by molar-refractivity contribution is -0.384. The Morgan fingerprint density at radius 1 is 1.22 bits per heavy atom. The summed E-state index contributed by atoms with van der Waals surface area (Å²) in [7, 11) is 0. The van der Waals surface area contributed by atoms with Gasteiger partial charge in [0.05, 0.1) is 4.92 Å². The lowest BCUT2D eigenvalue weighted by Gasteiger charge is -2.04. The van der Waals surface area contributed by atoms with Crippen molar-refractivity contribution in [2.45, 2.75) is 26.2 Å². The minimum Gasteiger partial charge on any atom is -0.339 e. The van der Waals surface area contributed by atoms with Crippen LogP contribution in [-0.2, 0) is 11.2 Å². The summed E-state index contributed by atoms with van der Waals surface area (Å²) in [5.74, 6) is 0.834. The Balaban J connectivity index is 1.48. The minimum atomic E-state index is -0.485. The fraction of sp³-hybridized carbons (Fsp3) is 0.211. The van der Waals surface area contributed by atoms with Gasteiger partial charge in [-0.1, -0.05) is 28.9 Å². The smallest absolute Gasteiger partial charge is 0.269 e. The highest BCUT2D eigenvalue weighted by atomic mass is 16.6. The normalized spacial score (nSPS) is 10.6. The predicted molar refractivity (Wildman–Crippen MR) is 99.1 cm³/mol. The van der Waals surface area contributed by atoms with Crippen molar-refractivity contribution in [2.75, 3.05) is 5.32 Å². The molecule has 1 aromatic heterocycles. The maximum absolute atomic E-state index is 12.0. The molecule has 3 aromatic rings. The molecule has 3 rings (SSSR count). The zero-order valence-electron chi connectivity index (χ0n) is 14.7. The van der Waals surface area contributed by atoms with E-state index in [0.29, 0.717) is 30.2 Å². The van der Waals surface area contributed by atoms with Gasteiger partial charge in [0.2, 0.25) is 17.6 Å². The number of nitrogens with zero attached hydrogens (tertiary/aromatic N) is 3. The van der Waals surface area contributed by atoms with E-state index in [9.17, 15) is 14.9 Å². The van der Waals surface area contributed by atoms with Crippen LogP contribution in [-0.4, -0.2) is 21.0 Å². The quantitative estimate of drug-likeness (QED) is 0.501. The number of aryl methyl sites for hydroxylation is 2. The highest BCUT2D eigenvalue weighted by Crippen LogP contribution is 2.18. The maximum atomic E-state index is 12.0. The standard InChI is InChI=1S/C19H18N4O4/c1-13-4-2-5-14(12-13)19-21-18(27-22-19)7-3-6-17(24)20-15-8-10-16(11-9-15)23(25)26/h2,4-5,8-12H,3,6-7H2,1H3,(H,20,24). The van der Waals surface area contributed by atoms with Crippen molar-refractivity contribution in [2.24, 2.45) is 0 Å². The van der Waals surface area contributed by atoms with Crippen molar-refractivity contribution in [3.63, 3.8) is 0 Å². The number of rotatable bonds is 7. The summed E-state index contributed by atoms with van der Waals surface area (Å²) >= 11 is 0. The first kappa shape index (κ1) is 18.2. The van der Waals surface area contributed by atoms with Crippen LogP contribution in [0.4, 0.5) is 11.4 Å². The van der Waals surface area contributed by atoms with E-state index in [2.05, 4.69) is 15.5 Å². The lowest BCUT2D eigenvalue weighted by Crippen LogP contribution is -2.11. The minimum absolute atomic E-state index is 0.0196. The van der Waals surface area contributed by atoms with Crippen molar-refractivity contribution in [3.8, 4) is 11.4 Å². The second-order valence-corrected chi connectivity index (χ2v) is 6.09. The summed E-state index contributed by atoms with van der Waals surface area (Å²) in [6.45, 7) is 1.99. The van der Waals surface area contributed by atoms with Crippen LogP contribution in [0.2, 0.25) is 0 Å². The summed E-state index contributed by atoms with van der Waals surface area (Å²) in [5.41, 5.74) is 2.50. The predicted octanol–water partition coefficient (Wildman–Crippen LogP) is 3.91. The van der Waals surface area contributed by atoms with Crippen LogP contribution in [0.3, 0.4) is 0 Å². The second kappa shape index (κ2) is 8.22. The fourth-order valence-corrected chi connectivity index (χ4v) is 2.55. The molecule has 8 nitrogen and oxygen atoms in total. The lowest BCUT2D eigenvalue weighted by atomic mass is 10.1. The molecule has 1 heterocycles. The van der Waals surface area contributed by atoms with E-state index >= 15 is 0 Å². The van der Waals surface area contributed by atoms with Gasteiger partial charge in [0.15, 0.2) is 0 Å². The molecule has 27 heavy (non-hydrogen) atoms. The van der Waals surface area contributed by atoms with Crippen LogP contribution in [0.1, 0.15) is 24.3 Å². The average molecular weight is 366 g/mol. The van der Waals surface area contributed by atoms with Gasteiger partial charge in [0, 0.05) is 36.2 Å². The van der Waals surface area contributed by atoms with Crippen molar-refractivity contribution < 1.29 is 14.2 Å². The number of benzene rings is 2. The van der Waals surface area contributed by atoms with Gasteiger partial charge in [0.1, 0.15) is 0 Å². The zero-order valence-corrected chi connectivity index (χ0v) is 14.7. The van der Waals surface area contributed by atoms with Crippen LogP contribution in [0.15, 0.2) is 53.1 Å². The Hall–Kier alpha value is -3.55. The Morgan fingerprint density at radius 3 is 2.70 bits per heavy atom. The maximum Gasteiger partial charge on any atom is 0.269 e. The SMILES string of the molecule is Cc1cccc(-c2noc(CCCC(=O)Nc3ccc([N+](=O)[O-])cc3)n2)c1. The van der Waals surface area contributed by atoms with Gasteiger partial charge < -0.3 is 9.84 Å². The molecule has 0 radical (unpaired) electrons. The number of nitrogens with one attached hydrogen (secondary N) is 1. The van der Waals surface area contributed by atoms with E-state index in [1.165, 1.54) is 24.3 Å². The molecule has 2 aromatic carbocycles. The summed E-state index contributed by atoms with van der Waals surface area (Å²) in [6.07, 6.45) is 1.32.